The van der Waals surface area contributed by atoms with Crippen LogP contribution in [-0.4, -0.2) is 35.9 Å². The molecular formula is C17H24ClN3O3. The van der Waals surface area contributed by atoms with Gasteiger partial charge in [-0.3, -0.25) is 14.9 Å². The van der Waals surface area contributed by atoms with Crippen LogP contribution in [0.5, 0.6) is 0 Å². The number of non-ortho nitro benzene ring substituents is 1. The number of piperidine rings is 1. The third-order valence-electron chi connectivity index (χ3n) is 4.71. The van der Waals surface area contributed by atoms with Crippen LogP contribution in [0.25, 0.3) is 0 Å². The van der Waals surface area contributed by atoms with Crippen LogP contribution in [0, 0.1) is 22.0 Å². The lowest BCUT2D eigenvalue weighted by Crippen LogP contribution is -2.36. The predicted molar refractivity (Wildman–Crippen MR) is 94.0 cm³/mol. The molecule has 0 aromatic heterocycles. The van der Waals surface area contributed by atoms with Crippen LogP contribution < -0.4 is 5.32 Å². The summed E-state index contributed by atoms with van der Waals surface area (Å²) < 4.78 is 0. The van der Waals surface area contributed by atoms with Gasteiger partial charge in [-0.2, -0.15) is 0 Å². The molecule has 1 aliphatic rings. The minimum Gasteiger partial charge on any atom is -0.341 e. The molecule has 7 heteroatoms. The zero-order chi connectivity index (χ0) is 17.7. The molecule has 0 aliphatic carbocycles. The van der Waals surface area contributed by atoms with Crippen LogP contribution in [0.3, 0.4) is 0 Å². The van der Waals surface area contributed by atoms with Crippen molar-refractivity contribution in [2.45, 2.75) is 32.7 Å². The van der Waals surface area contributed by atoms with Crippen LogP contribution in [0.4, 0.5) is 5.69 Å². The first-order valence-electron chi connectivity index (χ1n) is 8.26. The van der Waals surface area contributed by atoms with E-state index in [4.69, 9.17) is 11.6 Å². The van der Waals surface area contributed by atoms with Gasteiger partial charge in [-0.15, -0.1) is 0 Å². The van der Waals surface area contributed by atoms with E-state index in [-0.39, 0.29) is 18.1 Å². The van der Waals surface area contributed by atoms with Gasteiger partial charge in [0, 0.05) is 37.2 Å². The van der Waals surface area contributed by atoms with E-state index in [0.717, 1.165) is 25.9 Å². The fourth-order valence-electron chi connectivity index (χ4n) is 3.10. The van der Waals surface area contributed by atoms with E-state index in [1.54, 1.807) is 11.9 Å². The molecule has 1 aromatic carbocycles. The van der Waals surface area contributed by atoms with Crippen LogP contribution in [0.1, 0.15) is 31.7 Å². The van der Waals surface area contributed by atoms with Gasteiger partial charge in [0.25, 0.3) is 5.69 Å². The molecule has 0 saturated carbocycles. The number of carbonyl (C=O) groups excluding carboxylic acids is 1. The van der Waals surface area contributed by atoms with Gasteiger partial charge >= 0.3 is 0 Å². The normalized spacial score (nSPS) is 18.9. The van der Waals surface area contributed by atoms with Crippen molar-refractivity contribution in [1.29, 1.82) is 0 Å². The minimum atomic E-state index is -0.459. The third-order valence-corrected chi connectivity index (χ3v) is 5.08. The summed E-state index contributed by atoms with van der Waals surface area (Å²) in [5.41, 5.74) is 0.575. The van der Waals surface area contributed by atoms with Crippen molar-refractivity contribution in [3.63, 3.8) is 0 Å². The number of hydrogen-bond acceptors (Lipinski definition) is 4. The number of nitrogens with zero attached hydrogens (tertiary/aromatic N) is 2. The number of halogens is 1. The minimum absolute atomic E-state index is 0.0168. The maximum absolute atomic E-state index is 12.5. The molecule has 0 bridgehead atoms. The van der Waals surface area contributed by atoms with Gasteiger partial charge in [-0.25, -0.2) is 0 Å². The Morgan fingerprint density at radius 1 is 1.54 bits per heavy atom. The summed E-state index contributed by atoms with van der Waals surface area (Å²) in [6.07, 6.45) is 2.79. The number of benzene rings is 1. The molecule has 0 radical (unpaired) electrons. The molecule has 2 atom stereocenters. The topological polar surface area (TPSA) is 75.5 Å². The second-order valence-electron chi connectivity index (χ2n) is 6.57. The lowest BCUT2D eigenvalue weighted by molar-refractivity contribution is -0.384. The lowest BCUT2D eigenvalue weighted by atomic mass is 9.85. The fraction of sp³-hybridized carbons (Fsp3) is 0.588. The highest BCUT2D eigenvalue weighted by Gasteiger charge is 2.23. The van der Waals surface area contributed by atoms with E-state index in [1.807, 2.05) is 0 Å². The number of rotatable bonds is 6. The quantitative estimate of drug-likeness (QED) is 0.629. The van der Waals surface area contributed by atoms with Crippen molar-refractivity contribution >= 4 is 23.2 Å². The number of nitrogens with one attached hydrogen (secondary N) is 1. The monoisotopic (exact) mass is 353 g/mol. The van der Waals surface area contributed by atoms with Crippen LogP contribution in [-0.2, 0) is 11.3 Å². The Morgan fingerprint density at radius 2 is 2.29 bits per heavy atom. The van der Waals surface area contributed by atoms with E-state index in [9.17, 15) is 14.9 Å². The molecule has 24 heavy (non-hydrogen) atoms. The van der Waals surface area contributed by atoms with Gasteiger partial charge in [-0.1, -0.05) is 18.5 Å². The molecule has 132 valence electrons. The molecule has 1 saturated heterocycles. The van der Waals surface area contributed by atoms with E-state index in [2.05, 4.69) is 12.2 Å². The van der Waals surface area contributed by atoms with Crippen LogP contribution in [0.15, 0.2) is 18.2 Å². The molecule has 6 nitrogen and oxygen atoms in total. The standard InChI is InChI=1S/C17H24ClN3O3/c1-12(13-4-3-7-19-10-13)8-17(22)20(2)11-14-9-15(21(23)24)5-6-16(14)18/h5-6,9,12-13,19H,3-4,7-8,10-11H2,1-2H3. The Hall–Kier alpha value is -1.66. The smallest absolute Gasteiger partial charge is 0.269 e. The van der Waals surface area contributed by atoms with Crippen molar-refractivity contribution in [3.05, 3.63) is 38.9 Å². The van der Waals surface area contributed by atoms with Gasteiger partial charge < -0.3 is 10.2 Å². The molecule has 1 N–H and O–H groups in total. The van der Waals surface area contributed by atoms with Gasteiger partial charge in [0.2, 0.25) is 5.91 Å². The highest BCUT2D eigenvalue weighted by Crippen LogP contribution is 2.25. The van der Waals surface area contributed by atoms with Crippen molar-refractivity contribution in [1.82, 2.24) is 10.2 Å². The van der Waals surface area contributed by atoms with Gasteiger partial charge in [0.1, 0.15) is 0 Å². The number of amides is 1. The molecule has 2 rings (SSSR count). The molecule has 0 spiro atoms. The maximum Gasteiger partial charge on any atom is 0.269 e. The summed E-state index contributed by atoms with van der Waals surface area (Å²) in [5, 5.41) is 14.7. The van der Waals surface area contributed by atoms with Gasteiger partial charge in [0.05, 0.1) is 4.92 Å². The van der Waals surface area contributed by atoms with Gasteiger partial charge in [0.15, 0.2) is 0 Å². The molecule has 1 heterocycles. The highest BCUT2D eigenvalue weighted by molar-refractivity contribution is 6.31. The fourth-order valence-corrected chi connectivity index (χ4v) is 3.28. The van der Waals surface area contributed by atoms with Crippen LogP contribution >= 0.6 is 11.6 Å². The summed E-state index contributed by atoms with van der Waals surface area (Å²) in [5.74, 6) is 0.876. The second kappa shape index (κ2) is 8.44. The van der Waals surface area contributed by atoms with Crippen molar-refractivity contribution in [2.75, 3.05) is 20.1 Å². The highest BCUT2D eigenvalue weighted by atomic mass is 35.5. The zero-order valence-corrected chi connectivity index (χ0v) is 14.9. The number of carbonyl (C=O) groups is 1. The van der Waals surface area contributed by atoms with Crippen LogP contribution in [0.2, 0.25) is 5.02 Å². The largest absolute Gasteiger partial charge is 0.341 e. The maximum atomic E-state index is 12.5. The summed E-state index contributed by atoms with van der Waals surface area (Å²) in [6, 6.07) is 4.30. The second-order valence-corrected chi connectivity index (χ2v) is 6.98. The molecule has 1 aromatic rings. The Balaban J connectivity index is 1.96. The first-order chi connectivity index (χ1) is 11.4. The first kappa shape index (κ1) is 18.7. The van der Waals surface area contributed by atoms with E-state index < -0.39 is 4.92 Å². The Bertz CT molecular complexity index is 603. The predicted octanol–water partition coefficient (Wildman–Crippen LogP) is 3.23. The SMILES string of the molecule is CC(CC(=O)N(C)Cc1cc([N+](=O)[O-])ccc1Cl)C1CCCNC1. The summed E-state index contributed by atoms with van der Waals surface area (Å²) in [4.78, 5) is 24.5. The summed E-state index contributed by atoms with van der Waals surface area (Å²) in [6.45, 7) is 4.41. The van der Waals surface area contributed by atoms with E-state index in [0.29, 0.717) is 28.8 Å². The van der Waals surface area contributed by atoms with Gasteiger partial charge in [-0.05, 0) is 49.4 Å². The lowest BCUT2D eigenvalue weighted by Gasteiger charge is -2.29. The third kappa shape index (κ3) is 4.92. The van der Waals surface area contributed by atoms with E-state index in [1.165, 1.54) is 18.2 Å². The van der Waals surface area contributed by atoms with Crippen molar-refractivity contribution in [3.8, 4) is 0 Å². The number of hydrogen-bond donors (Lipinski definition) is 1. The molecule has 2 unspecified atom stereocenters. The summed E-state index contributed by atoms with van der Waals surface area (Å²) in [7, 11) is 1.71. The molecular weight excluding hydrogens is 330 g/mol. The molecule has 1 fully saturated rings. The van der Waals surface area contributed by atoms with Crippen molar-refractivity contribution < 1.29 is 9.72 Å². The molecule has 1 aliphatic heterocycles. The van der Waals surface area contributed by atoms with E-state index >= 15 is 0 Å². The molecule has 1 amide bonds. The Morgan fingerprint density at radius 3 is 2.92 bits per heavy atom. The average molecular weight is 354 g/mol. The first-order valence-corrected chi connectivity index (χ1v) is 8.63. The number of nitro benzene ring substituents is 1. The average Bonchev–Trinajstić information content (AvgIpc) is 2.57. The zero-order valence-electron chi connectivity index (χ0n) is 14.1. The number of nitro groups is 1. The Labute approximate surface area is 147 Å². The summed E-state index contributed by atoms with van der Waals surface area (Å²) >= 11 is 6.11. The van der Waals surface area contributed by atoms with Crippen molar-refractivity contribution in [2.24, 2.45) is 11.8 Å². The Kier molecular flexibility index (Phi) is 6.57.